The molecule has 3 aromatic rings. The molecule has 0 radical (unpaired) electrons. The van der Waals surface area contributed by atoms with E-state index in [9.17, 15) is 8.42 Å². The van der Waals surface area contributed by atoms with Crippen LogP contribution in [0.2, 0.25) is 0 Å². The summed E-state index contributed by atoms with van der Waals surface area (Å²) in [7, 11) is -3.81. The number of para-hydroxylation sites is 3. The number of benzene rings is 2. The van der Waals surface area contributed by atoms with Crippen LogP contribution < -0.4 is 10.5 Å². The second-order valence-electron chi connectivity index (χ2n) is 4.79. The van der Waals surface area contributed by atoms with Crippen molar-refractivity contribution < 1.29 is 8.42 Å². The van der Waals surface area contributed by atoms with Crippen molar-refractivity contribution >= 4 is 32.6 Å². The molecule has 3 N–H and O–H groups in total. The highest BCUT2D eigenvalue weighted by Gasteiger charge is 2.19. The summed E-state index contributed by atoms with van der Waals surface area (Å²) < 4.78 is 27.4. The van der Waals surface area contributed by atoms with Crippen LogP contribution in [0.15, 0.2) is 53.4 Å². The van der Waals surface area contributed by atoms with Crippen LogP contribution in [0.3, 0.4) is 0 Å². The Labute approximate surface area is 128 Å². The zero-order chi connectivity index (χ0) is 15.7. The average molecular weight is 314 g/mol. The van der Waals surface area contributed by atoms with E-state index >= 15 is 0 Å². The van der Waals surface area contributed by atoms with Crippen molar-refractivity contribution in [3.63, 3.8) is 0 Å². The first kappa shape index (κ1) is 14.3. The third kappa shape index (κ3) is 2.58. The third-order valence-corrected chi connectivity index (χ3v) is 4.60. The summed E-state index contributed by atoms with van der Waals surface area (Å²) in [6, 6.07) is 13.5. The van der Waals surface area contributed by atoms with Gasteiger partial charge in [-0.15, -0.1) is 0 Å². The monoisotopic (exact) mass is 314 g/mol. The summed E-state index contributed by atoms with van der Waals surface area (Å²) in [5.41, 5.74) is 7.74. The van der Waals surface area contributed by atoms with Crippen molar-refractivity contribution in [2.24, 2.45) is 0 Å². The zero-order valence-electron chi connectivity index (χ0n) is 11.8. The highest BCUT2D eigenvalue weighted by atomic mass is 32.2. The van der Waals surface area contributed by atoms with Gasteiger partial charge in [-0.25, -0.2) is 18.4 Å². The lowest BCUT2D eigenvalue weighted by Gasteiger charge is -2.11. The largest absolute Gasteiger partial charge is 0.398 e. The Hall–Kier alpha value is -2.67. The molecule has 1 heterocycles. The summed E-state index contributed by atoms with van der Waals surface area (Å²) in [6.07, 6.45) is 0. The quantitative estimate of drug-likeness (QED) is 0.723. The predicted octanol–water partition coefficient (Wildman–Crippen LogP) is 2.32. The molecule has 22 heavy (non-hydrogen) atoms. The maximum absolute atomic E-state index is 12.5. The molecule has 0 bridgehead atoms. The summed E-state index contributed by atoms with van der Waals surface area (Å²) in [5, 5.41) is 0. The smallest absolute Gasteiger partial charge is 0.265 e. The lowest BCUT2D eigenvalue weighted by Crippen LogP contribution is -2.16. The van der Waals surface area contributed by atoms with Crippen LogP contribution in [0.1, 0.15) is 5.69 Å². The van der Waals surface area contributed by atoms with Crippen LogP contribution in [0.4, 0.5) is 11.5 Å². The van der Waals surface area contributed by atoms with Crippen molar-refractivity contribution in [1.82, 2.24) is 9.97 Å². The van der Waals surface area contributed by atoms with Crippen molar-refractivity contribution in [3.8, 4) is 0 Å². The molecule has 0 aliphatic rings. The van der Waals surface area contributed by atoms with Crippen LogP contribution in [0.25, 0.3) is 11.0 Å². The number of nitrogen functional groups attached to an aromatic ring is 1. The summed E-state index contributed by atoms with van der Waals surface area (Å²) in [5.74, 6) is 0.196. The number of sulfonamides is 1. The lowest BCUT2D eigenvalue weighted by molar-refractivity contribution is 0.601. The minimum absolute atomic E-state index is 0.0179. The van der Waals surface area contributed by atoms with Crippen LogP contribution in [-0.4, -0.2) is 18.4 Å². The van der Waals surface area contributed by atoms with Gasteiger partial charge in [0.2, 0.25) is 0 Å². The Kier molecular flexibility index (Phi) is 3.42. The molecule has 0 aliphatic carbocycles. The van der Waals surface area contributed by atoms with Crippen LogP contribution in [-0.2, 0) is 10.0 Å². The molecule has 0 atom stereocenters. The molecule has 0 unspecified atom stereocenters. The Morgan fingerprint density at radius 3 is 2.23 bits per heavy atom. The van der Waals surface area contributed by atoms with E-state index in [0.29, 0.717) is 16.7 Å². The summed E-state index contributed by atoms with van der Waals surface area (Å²) in [6.45, 7) is 1.70. The number of aryl methyl sites for hydroxylation is 1. The number of nitrogens with zero attached hydrogens (tertiary/aromatic N) is 2. The van der Waals surface area contributed by atoms with Gasteiger partial charge >= 0.3 is 0 Å². The average Bonchev–Trinajstić information content (AvgIpc) is 2.48. The number of anilines is 2. The lowest BCUT2D eigenvalue weighted by atomic mass is 10.3. The maximum Gasteiger partial charge on any atom is 0.265 e. The molecule has 0 amide bonds. The molecule has 3 rings (SSSR count). The molecule has 2 aromatic carbocycles. The molecular weight excluding hydrogens is 300 g/mol. The molecule has 6 nitrogen and oxygen atoms in total. The van der Waals surface area contributed by atoms with Gasteiger partial charge in [0.1, 0.15) is 4.90 Å². The van der Waals surface area contributed by atoms with Crippen LogP contribution in [0.5, 0.6) is 0 Å². The van der Waals surface area contributed by atoms with E-state index in [0.717, 1.165) is 0 Å². The molecule has 0 aliphatic heterocycles. The van der Waals surface area contributed by atoms with E-state index in [1.807, 2.05) is 18.2 Å². The van der Waals surface area contributed by atoms with Gasteiger partial charge in [0.25, 0.3) is 10.0 Å². The third-order valence-electron chi connectivity index (χ3n) is 3.18. The van der Waals surface area contributed by atoms with E-state index < -0.39 is 10.0 Å². The van der Waals surface area contributed by atoms with E-state index in [-0.39, 0.29) is 16.4 Å². The topological polar surface area (TPSA) is 98.0 Å². The SMILES string of the molecule is Cc1nc2ccccc2nc1NS(=O)(=O)c1ccccc1N. The van der Waals surface area contributed by atoms with Gasteiger partial charge in [-0.3, -0.25) is 4.72 Å². The maximum atomic E-state index is 12.5. The summed E-state index contributed by atoms with van der Waals surface area (Å²) >= 11 is 0. The number of hydrogen-bond donors (Lipinski definition) is 2. The van der Waals surface area contributed by atoms with Crippen molar-refractivity contribution in [3.05, 3.63) is 54.2 Å². The minimum atomic E-state index is -3.81. The van der Waals surface area contributed by atoms with Crippen LogP contribution >= 0.6 is 0 Å². The first-order valence-electron chi connectivity index (χ1n) is 6.58. The normalized spacial score (nSPS) is 11.5. The highest BCUT2D eigenvalue weighted by molar-refractivity contribution is 7.92. The Morgan fingerprint density at radius 1 is 0.955 bits per heavy atom. The van der Waals surface area contributed by atoms with E-state index in [2.05, 4.69) is 14.7 Å². The Morgan fingerprint density at radius 2 is 1.55 bits per heavy atom. The number of aromatic nitrogens is 2. The van der Waals surface area contributed by atoms with E-state index in [1.54, 1.807) is 25.1 Å². The van der Waals surface area contributed by atoms with E-state index in [4.69, 9.17) is 5.73 Å². The number of nitrogens with two attached hydrogens (primary N) is 1. The van der Waals surface area contributed by atoms with Gasteiger partial charge in [0.15, 0.2) is 5.82 Å². The van der Waals surface area contributed by atoms with E-state index in [1.165, 1.54) is 12.1 Å². The van der Waals surface area contributed by atoms with Gasteiger partial charge in [0.05, 0.1) is 22.4 Å². The fourth-order valence-corrected chi connectivity index (χ4v) is 3.29. The van der Waals surface area contributed by atoms with Gasteiger partial charge in [-0.1, -0.05) is 24.3 Å². The van der Waals surface area contributed by atoms with Gasteiger partial charge in [0, 0.05) is 0 Å². The molecule has 0 fully saturated rings. The molecule has 0 saturated carbocycles. The second kappa shape index (κ2) is 5.27. The number of fused-ring (bicyclic) bond motifs is 1. The van der Waals surface area contributed by atoms with Crippen molar-refractivity contribution in [2.75, 3.05) is 10.5 Å². The zero-order valence-corrected chi connectivity index (χ0v) is 12.6. The van der Waals surface area contributed by atoms with Crippen LogP contribution in [0, 0.1) is 6.92 Å². The second-order valence-corrected chi connectivity index (χ2v) is 6.44. The fraction of sp³-hybridized carbons (Fsp3) is 0.0667. The first-order valence-corrected chi connectivity index (χ1v) is 8.06. The van der Waals surface area contributed by atoms with Crippen molar-refractivity contribution in [1.29, 1.82) is 0 Å². The molecule has 112 valence electrons. The summed E-state index contributed by atoms with van der Waals surface area (Å²) in [4.78, 5) is 8.69. The molecule has 0 saturated heterocycles. The number of rotatable bonds is 3. The predicted molar refractivity (Wildman–Crippen MR) is 85.9 cm³/mol. The number of nitrogens with one attached hydrogen (secondary N) is 1. The number of hydrogen-bond acceptors (Lipinski definition) is 5. The standard InChI is InChI=1S/C15H14N4O2S/c1-10-15(18-13-8-4-3-7-12(13)17-10)19-22(20,21)14-9-5-2-6-11(14)16/h2-9H,16H2,1H3,(H,18,19). The van der Waals surface area contributed by atoms with Gasteiger partial charge in [-0.2, -0.15) is 0 Å². The minimum Gasteiger partial charge on any atom is -0.398 e. The molecular formula is C15H14N4O2S. The molecule has 7 heteroatoms. The molecule has 0 spiro atoms. The Balaban J connectivity index is 2.06. The Bertz CT molecular complexity index is 955. The first-order chi connectivity index (χ1) is 10.5. The molecule has 1 aromatic heterocycles. The highest BCUT2D eigenvalue weighted by Crippen LogP contribution is 2.22. The van der Waals surface area contributed by atoms with Crippen molar-refractivity contribution in [2.45, 2.75) is 11.8 Å². The van der Waals surface area contributed by atoms with Gasteiger partial charge < -0.3 is 5.73 Å². The fourth-order valence-electron chi connectivity index (χ4n) is 2.09. The van der Waals surface area contributed by atoms with Gasteiger partial charge in [-0.05, 0) is 31.2 Å².